The third-order valence-corrected chi connectivity index (χ3v) is 4.28. The van der Waals surface area contributed by atoms with E-state index in [1.807, 2.05) is 24.3 Å². The summed E-state index contributed by atoms with van der Waals surface area (Å²) >= 11 is 3.39. The van der Waals surface area contributed by atoms with E-state index in [0.29, 0.717) is 13.0 Å². The number of carbonyl (C=O) groups excluding carboxylic acids is 1. The van der Waals surface area contributed by atoms with Gasteiger partial charge < -0.3 is 10.1 Å². The number of hydrogen-bond donors (Lipinski definition) is 1. The number of para-hydroxylation sites is 1. The van der Waals surface area contributed by atoms with Gasteiger partial charge in [0, 0.05) is 18.0 Å². The van der Waals surface area contributed by atoms with Crippen molar-refractivity contribution in [3.63, 3.8) is 0 Å². The summed E-state index contributed by atoms with van der Waals surface area (Å²) in [4.78, 5) is 11.9. The van der Waals surface area contributed by atoms with E-state index in [9.17, 15) is 13.6 Å². The third-order valence-electron chi connectivity index (χ3n) is 3.62. The lowest BCUT2D eigenvalue weighted by Crippen LogP contribution is -2.34. The molecule has 25 heavy (non-hydrogen) atoms. The zero-order valence-electron chi connectivity index (χ0n) is 13.9. The number of nitrogens with one attached hydrogen (secondary N) is 1. The molecule has 0 aliphatic heterocycles. The molecule has 2 rings (SSSR count). The topological polar surface area (TPSA) is 38.3 Å². The lowest BCUT2D eigenvalue weighted by Gasteiger charge is -2.15. The minimum absolute atomic E-state index is 0.00689. The van der Waals surface area contributed by atoms with Crippen molar-refractivity contribution in [2.45, 2.75) is 32.2 Å². The maximum absolute atomic E-state index is 13.6. The minimum atomic E-state index is -0.595. The van der Waals surface area contributed by atoms with Crippen LogP contribution in [0, 0.1) is 11.6 Å². The molecule has 1 N–H and O–H groups in total. The molecule has 0 heterocycles. The van der Waals surface area contributed by atoms with Crippen molar-refractivity contribution in [2.24, 2.45) is 0 Å². The summed E-state index contributed by atoms with van der Waals surface area (Å²) in [6.45, 7) is 2.13. The smallest absolute Gasteiger partial charge is 0.220 e. The number of hydrogen-bond acceptors (Lipinski definition) is 2. The van der Waals surface area contributed by atoms with Crippen LogP contribution in [0.15, 0.2) is 46.9 Å². The highest BCUT2D eigenvalue weighted by Crippen LogP contribution is 2.23. The molecule has 134 valence electrons. The van der Waals surface area contributed by atoms with Gasteiger partial charge in [0.25, 0.3) is 0 Å². The van der Waals surface area contributed by atoms with Crippen LogP contribution in [-0.2, 0) is 11.2 Å². The largest absolute Gasteiger partial charge is 0.492 e. The van der Waals surface area contributed by atoms with Crippen molar-refractivity contribution in [3.05, 3.63) is 64.1 Å². The molecule has 0 radical (unpaired) electrons. The van der Waals surface area contributed by atoms with Crippen molar-refractivity contribution in [3.8, 4) is 5.75 Å². The van der Waals surface area contributed by atoms with E-state index < -0.39 is 11.6 Å². The molecule has 1 amide bonds. The summed E-state index contributed by atoms with van der Waals surface area (Å²) in [7, 11) is 0. The normalized spacial score (nSPS) is 11.8. The molecule has 0 aliphatic rings. The highest BCUT2D eigenvalue weighted by molar-refractivity contribution is 9.10. The maximum atomic E-state index is 13.6. The molecule has 0 aromatic heterocycles. The summed E-state index contributed by atoms with van der Waals surface area (Å²) in [5.41, 5.74) is -0.00689. The van der Waals surface area contributed by atoms with Crippen LogP contribution >= 0.6 is 15.9 Å². The molecule has 0 saturated heterocycles. The van der Waals surface area contributed by atoms with Crippen molar-refractivity contribution >= 4 is 21.8 Å². The van der Waals surface area contributed by atoms with E-state index in [2.05, 4.69) is 21.2 Å². The predicted octanol–water partition coefficient (Wildman–Crippen LogP) is 4.63. The molecule has 0 spiro atoms. The van der Waals surface area contributed by atoms with Gasteiger partial charge in [-0.25, -0.2) is 8.78 Å². The molecule has 1 unspecified atom stereocenters. The molecule has 1 atom stereocenters. The Bertz CT molecular complexity index is 704. The van der Waals surface area contributed by atoms with Crippen LogP contribution in [0.5, 0.6) is 5.75 Å². The van der Waals surface area contributed by atoms with Crippen LogP contribution in [0.25, 0.3) is 0 Å². The van der Waals surface area contributed by atoms with Crippen LogP contribution in [0.4, 0.5) is 8.78 Å². The summed E-state index contributed by atoms with van der Waals surface area (Å²) in [6, 6.07) is 10.9. The second kappa shape index (κ2) is 9.51. The molecule has 0 fully saturated rings. The maximum Gasteiger partial charge on any atom is 0.220 e. The summed E-state index contributed by atoms with van der Waals surface area (Å²) < 4.78 is 33.7. The molecular formula is C19H20BrF2NO2. The predicted molar refractivity (Wildman–Crippen MR) is 96.5 cm³/mol. The summed E-state index contributed by atoms with van der Waals surface area (Å²) in [5, 5.41) is 2.76. The molecule has 2 aromatic carbocycles. The summed E-state index contributed by atoms with van der Waals surface area (Å²) in [6.07, 6.45) is 0.945. The first kappa shape index (κ1) is 19.4. The number of halogens is 3. The monoisotopic (exact) mass is 411 g/mol. The number of amides is 1. The van der Waals surface area contributed by atoms with Crippen LogP contribution in [0.3, 0.4) is 0 Å². The Morgan fingerprint density at radius 3 is 2.52 bits per heavy atom. The Kier molecular flexibility index (Phi) is 7.37. The lowest BCUT2D eigenvalue weighted by molar-refractivity contribution is -0.121. The van der Waals surface area contributed by atoms with Gasteiger partial charge in [-0.2, -0.15) is 0 Å². The SMILES string of the molecule is CC(Cc1c(F)cccc1F)NC(=O)CCCOc1ccccc1Br. The van der Waals surface area contributed by atoms with E-state index in [4.69, 9.17) is 4.74 Å². The highest BCUT2D eigenvalue weighted by atomic mass is 79.9. The molecule has 3 nitrogen and oxygen atoms in total. The van der Waals surface area contributed by atoms with Gasteiger partial charge >= 0.3 is 0 Å². The van der Waals surface area contributed by atoms with E-state index in [1.54, 1.807) is 6.92 Å². The Morgan fingerprint density at radius 2 is 1.84 bits per heavy atom. The fraction of sp³-hybridized carbons (Fsp3) is 0.316. The second-order valence-electron chi connectivity index (χ2n) is 5.76. The van der Waals surface area contributed by atoms with E-state index in [0.717, 1.165) is 10.2 Å². The van der Waals surface area contributed by atoms with Gasteiger partial charge in [0.05, 0.1) is 11.1 Å². The number of ether oxygens (including phenoxy) is 1. The van der Waals surface area contributed by atoms with Crippen molar-refractivity contribution in [1.29, 1.82) is 0 Å². The first-order valence-electron chi connectivity index (χ1n) is 8.07. The third kappa shape index (κ3) is 6.12. The fourth-order valence-electron chi connectivity index (χ4n) is 2.41. The van der Waals surface area contributed by atoms with Gasteiger partial charge in [0.2, 0.25) is 5.91 Å². The Labute approximate surface area is 154 Å². The zero-order chi connectivity index (χ0) is 18.2. The Morgan fingerprint density at radius 1 is 1.16 bits per heavy atom. The van der Waals surface area contributed by atoms with Crippen LogP contribution in [0.2, 0.25) is 0 Å². The van der Waals surface area contributed by atoms with Crippen molar-refractivity contribution < 1.29 is 18.3 Å². The minimum Gasteiger partial charge on any atom is -0.492 e. The van der Waals surface area contributed by atoms with Crippen molar-refractivity contribution in [1.82, 2.24) is 5.32 Å². The van der Waals surface area contributed by atoms with Gasteiger partial charge in [0.1, 0.15) is 17.4 Å². The quantitative estimate of drug-likeness (QED) is 0.642. The van der Waals surface area contributed by atoms with Gasteiger partial charge in [-0.3, -0.25) is 4.79 Å². The van der Waals surface area contributed by atoms with Crippen LogP contribution < -0.4 is 10.1 Å². The molecule has 6 heteroatoms. The van der Waals surface area contributed by atoms with Gasteiger partial charge in [-0.05, 0) is 60.0 Å². The highest BCUT2D eigenvalue weighted by Gasteiger charge is 2.14. The fourth-order valence-corrected chi connectivity index (χ4v) is 2.81. The van der Waals surface area contributed by atoms with Gasteiger partial charge in [0.15, 0.2) is 0 Å². The first-order chi connectivity index (χ1) is 12.0. The molecule has 2 aromatic rings. The molecular weight excluding hydrogens is 392 g/mol. The van der Waals surface area contributed by atoms with E-state index in [-0.39, 0.29) is 30.4 Å². The van der Waals surface area contributed by atoms with Crippen LogP contribution in [-0.4, -0.2) is 18.6 Å². The summed E-state index contributed by atoms with van der Waals surface area (Å²) in [5.74, 6) is -0.628. The van der Waals surface area contributed by atoms with Gasteiger partial charge in [-0.1, -0.05) is 18.2 Å². The van der Waals surface area contributed by atoms with E-state index >= 15 is 0 Å². The van der Waals surface area contributed by atoms with Gasteiger partial charge in [-0.15, -0.1) is 0 Å². The Balaban J connectivity index is 1.72. The Hall–Kier alpha value is -1.95. The van der Waals surface area contributed by atoms with Crippen LogP contribution in [0.1, 0.15) is 25.3 Å². The van der Waals surface area contributed by atoms with Crippen molar-refractivity contribution in [2.75, 3.05) is 6.61 Å². The molecule has 0 saturated carbocycles. The average Bonchev–Trinajstić information content (AvgIpc) is 2.56. The molecule has 0 bridgehead atoms. The van der Waals surface area contributed by atoms with E-state index in [1.165, 1.54) is 18.2 Å². The molecule has 0 aliphatic carbocycles. The first-order valence-corrected chi connectivity index (χ1v) is 8.86. The number of rotatable bonds is 8. The standard InChI is InChI=1S/C19H20BrF2NO2/c1-13(12-14-16(21)7-4-8-17(14)22)23-19(24)10-5-11-25-18-9-3-2-6-15(18)20/h2-4,6-9,13H,5,10-12H2,1H3,(H,23,24). The number of benzene rings is 2. The average molecular weight is 412 g/mol. The second-order valence-corrected chi connectivity index (χ2v) is 6.61. The number of carbonyl (C=O) groups is 1. The lowest BCUT2D eigenvalue weighted by atomic mass is 10.1. The zero-order valence-corrected chi connectivity index (χ0v) is 15.5.